The van der Waals surface area contributed by atoms with E-state index in [-0.39, 0.29) is 30.8 Å². The van der Waals surface area contributed by atoms with Crippen LogP contribution in [0.5, 0.6) is 0 Å². The molecule has 0 aromatic heterocycles. The van der Waals surface area contributed by atoms with E-state index < -0.39 is 30.2 Å². The lowest BCUT2D eigenvalue weighted by Gasteiger charge is -2.30. The minimum absolute atomic E-state index is 0.0226. The van der Waals surface area contributed by atoms with Gasteiger partial charge in [0.05, 0.1) is 23.7 Å². The third-order valence-corrected chi connectivity index (χ3v) is 5.00. The molecule has 3 N–H and O–H groups in total. The molecule has 166 valence electrons. The Labute approximate surface area is 184 Å². The third-order valence-electron chi connectivity index (χ3n) is 5.00. The van der Waals surface area contributed by atoms with Gasteiger partial charge in [0.1, 0.15) is 5.94 Å². The Bertz CT molecular complexity index is 1050. The first-order valence-electron chi connectivity index (χ1n) is 10.0. The monoisotopic (exact) mass is 437 g/mol. The largest absolute Gasteiger partial charge is 0.478 e. The number of aromatic carboxylic acids is 1. The summed E-state index contributed by atoms with van der Waals surface area (Å²) in [6.07, 6.45) is -0.565. The minimum atomic E-state index is -1.12. The fraction of sp³-hybridized carbons (Fsp3) is 0.261. The number of carbonyl (C=O) groups is 3. The number of rotatable bonds is 7. The van der Waals surface area contributed by atoms with Crippen LogP contribution in [0.25, 0.3) is 0 Å². The highest BCUT2D eigenvalue weighted by atomic mass is 16.5. The van der Waals surface area contributed by atoms with Crippen LogP contribution < -0.4 is 10.6 Å². The number of likely N-dealkylation sites (tertiary alicyclic amines) is 1. The van der Waals surface area contributed by atoms with E-state index in [1.807, 2.05) is 36.3 Å². The molecular weight excluding hydrogens is 414 g/mol. The van der Waals surface area contributed by atoms with E-state index in [4.69, 9.17) is 9.84 Å². The molecule has 0 spiro atoms. The van der Waals surface area contributed by atoms with Crippen molar-refractivity contribution < 1.29 is 29.0 Å². The summed E-state index contributed by atoms with van der Waals surface area (Å²) in [5.41, 5.74) is 1.47. The molecule has 2 aromatic rings. The summed E-state index contributed by atoms with van der Waals surface area (Å²) in [5.74, 6) is 0.343. The summed E-state index contributed by atoms with van der Waals surface area (Å²) in [7, 11) is 0. The highest BCUT2D eigenvalue weighted by Crippen LogP contribution is 2.39. The van der Waals surface area contributed by atoms with Crippen LogP contribution in [0.3, 0.4) is 0 Å². The number of anilines is 1. The molecule has 1 aliphatic heterocycles. The molecule has 0 radical (unpaired) electrons. The Kier molecular flexibility index (Phi) is 7.38. The van der Waals surface area contributed by atoms with Crippen LogP contribution in [0.1, 0.15) is 35.3 Å². The van der Waals surface area contributed by atoms with Crippen LogP contribution >= 0.6 is 0 Å². The van der Waals surface area contributed by atoms with Crippen molar-refractivity contribution in [1.29, 1.82) is 0 Å². The number of carboxylic acids is 1. The minimum Gasteiger partial charge on any atom is -0.478 e. The summed E-state index contributed by atoms with van der Waals surface area (Å²) in [6.45, 7) is 1.70. The van der Waals surface area contributed by atoms with Crippen molar-refractivity contribution in [3.63, 3.8) is 0 Å². The Balaban J connectivity index is 1.71. The molecule has 32 heavy (non-hydrogen) atoms. The highest BCUT2D eigenvalue weighted by molar-refractivity contribution is 5.94. The molecule has 3 amide bonds. The van der Waals surface area contributed by atoms with Gasteiger partial charge in [0.25, 0.3) is 0 Å². The van der Waals surface area contributed by atoms with Crippen LogP contribution in [-0.2, 0) is 14.3 Å². The standard InChI is InChI=1S/C23H23N3O6/c1-2-32-21-17(14-27)12-19(15-7-4-3-5-8-15)26(21)20(28)13-24-23(31)25-18-10-6-9-16(11-18)22(29)30/h3-11,19,21H,2,12-13H2,1H3,(H,29,30)(H2,24,25,31). The molecule has 2 unspecified atom stereocenters. The number of benzene rings is 2. The van der Waals surface area contributed by atoms with Crippen molar-refractivity contribution in [1.82, 2.24) is 10.2 Å². The predicted octanol–water partition coefficient (Wildman–Crippen LogP) is 2.60. The number of nitrogens with zero attached hydrogens (tertiary/aromatic N) is 1. The first kappa shape index (κ1) is 22.7. The van der Waals surface area contributed by atoms with E-state index in [1.165, 1.54) is 29.2 Å². The molecule has 0 saturated carbocycles. The zero-order valence-corrected chi connectivity index (χ0v) is 17.4. The van der Waals surface area contributed by atoms with E-state index in [9.17, 15) is 19.2 Å². The van der Waals surface area contributed by atoms with Gasteiger partial charge in [-0.15, -0.1) is 0 Å². The van der Waals surface area contributed by atoms with E-state index in [1.54, 1.807) is 6.92 Å². The zero-order chi connectivity index (χ0) is 23.1. The number of carboxylic acid groups (broad SMARTS) is 1. The van der Waals surface area contributed by atoms with Crippen molar-refractivity contribution in [3.05, 3.63) is 71.3 Å². The first-order valence-corrected chi connectivity index (χ1v) is 10.0. The number of hydrogen-bond donors (Lipinski definition) is 3. The molecule has 1 aliphatic rings. The molecule has 9 nitrogen and oxygen atoms in total. The van der Waals surface area contributed by atoms with E-state index >= 15 is 0 Å². The highest BCUT2D eigenvalue weighted by Gasteiger charge is 2.42. The molecule has 3 rings (SSSR count). The molecule has 1 fully saturated rings. The maximum atomic E-state index is 13.1. The van der Waals surface area contributed by atoms with Gasteiger partial charge in [-0.25, -0.2) is 14.4 Å². The summed E-state index contributed by atoms with van der Waals surface area (Å²) in [4.78, 5) is 49.3. The molecule has 2 aromatic carbocycles. The van der Waals surface area contributed by atoms with Crippen LogP contribution in [0.4, 0.5) is 10.5 Å². The van der Waals surface area contributed by atoms with Gasteiger partial charge in [-0.2, -0.15) is 0 Å². The fourth-order valence-electron chi connectivity index (χ4n) is 3.58. The number of hydrogen-bond acceptors (Lipinski definition) is 5. The van der Waals surface area contributed by atoms with Crippen molar-refractivity contribution in [3.8, 4) is 0 Å². The van der Waals surface area contributed by atoms with E-state index in [2.05, 4.69) is 10.6 Å². The lowest BCUT2D eigenvalue weighted by Crippen LogP contribution is -2.45. The van der Waals surface area contributed by atoms with Crippen molar-refractivity contribution in [2.45, 2.75) is 25.6 Å². The number of carbonyl (C=O) groups excluding carboxylic acids is 3. The van der Waals surface area contributed by atoms with Crippen molar-refractivity contribution in [2.24, 2.45) is 0 Å². The van der Waals surface area contributed by atoms with Gasteiger partial charge in [0.15, 0.2) is 6.23 Å². The quantitative estimate of drug-likeness (QED) is 0.572. The maximum Gasteiger partial charge on any atom is 0.335 e. The lowest BCUT2D eigenvalue weighted by atomic mass is 10.0. The normalized spacial score (nSPS) is 17.5. The lowest BCUT2D eigenvalue weighted by molar-refractivity contribution is -0.142. The third kappa shape index (κ3) is 5.21. The van der Waals surface area contributed by atoms with Crippen LogP contribution in [0.2, 0.25) is 0 Å². The van der Waals surface area contributed by atoms with Gasteiger partial charge in [-0.05, 0) is 30.7 Å². The average Bonchev–Trinajstić information content (AvgIpc) is 3.17. The number of urea groups is 1. The maximum absolute atomic E-state index is 13.1. The number of amides is 3. The summed E-state index contributed by atoms with van der Waals surface area (Å²) in [6, 6.07) is 13.9. The second-order valence-electron chi connectivity index (χ2n) is 7.06. The Morgan fingerprint density at radius 2 is 1.91 bits per heavy atom. The van der Waals surface area contributed by atoms with Gasteiger partial charge in [-0.3, -0.25) is 4.79 Å². The van der Waals surface area contributed by atoms with E-state index in [0.717, 1.165) is 5.56 Å². The molecule has 0 aliphatic carbocycles. The van der Waals surface area contributed by atoms with Gasteiger partial charge >= 0.3 is 12.0 Å². The van der Waals surface area contributed by atoms with Crippen LogP contribution in [0.15, 0.2) is 60.2 Å². The van der Waals surface area contributed by atoms with Gasteiger partial charge in [0.2, 0.25) is 5.91 Å². The molecule has 1 saturated heterocycles. The summed E-state index contributed by atoms with van der Waals surface area (Å²) < 4.78 is 5.65. The molecule has 0 bridgehead atoms. The summed E-state index contributed by atoms with van der Waals surface area (Å²) in [5, 5.41) is 14.0. The second-order valence-corrected chi connectivity index (χ2v) is 7.06. The van der Waals surface area contributed by atoms with E-state index in [0.29, 0.717) is 5.57 Å². The van der Waals surface area contributed by atoms with Gasteiger partial charge in [-0.1, -0.05) is 36.4 Å². The molecular formula is C23H23N3O6. The SMILES string of the molecule is CCOC1C(=C=O)CC(c2ccccc2)N1C(=O)CNC(=O)Nc1cccc(C(=O)O)c1. The topological polar surface area (TPSA) is 125 Å². The smallest absolute Gasteiger partial charge is 0.335 e. The fourth-order valence-corrected chi connectivity index (χ4v) is 3.58. The predicted molar refractivity (Wildman–Crippen MR) is 116 cm³/mol. The van der Waals surface area contributed by atoms with Crippen molar-refractivity contribution >= 4 is 29.5 Å². The van der Waals surface area contributed by atoms with Crippen molar-refractivity contribution in [2.75, 3.05) is 18.5 Å². The molecule has 1 heterocycles. The van der Waals surface area contributed by atoms with Crippen LogP contribution in [0, 0.1) is 0 Å². The second kappa shape index (κ2) is 10.4. The molecule has 9 heteroatoms. The first-order chi connectivity index (χ1) is 15.4. The van der Waals surface area contributed by atoms with Gasteiger partial charge in [0, 0.05) is 18.7 Å². The zero-order valence-electron chi connectivity index (χ0n) is 17.4. The number of nitrogens with one attached hydrogen (secondary N) is 2. The molecule has 2 atom stereocenters. The Morgan fingerprint density at radius 3 is 2.56 bits per heavy atom. The summed E-state index contributed by atoms with van der Waals surface area (Å²) >= 11 is 0. The Hall–Kier alpha value is -3.94. The van der Waals surface area contributed by atoms with Crippen LogP contribution in [-0.4, -0.2) is 53.2 Å². The average molecular weight is 437 g/mol. The Morgan fingerprint density at radius 1 is 1.16 bits per heavy atom. The number of ether oxygens (including phenoxy) is 1. The van der Waals surface area contributed by atoms with Gasteiger partial charge < -0.3 is 25.4 Å².